The Morgan fingerprint density at radius 1 is 1.62 bits per heavy atom. The van der Waals surface area contributed by atoms with Gasteiger partial charge >= 0.3 is 0 Å². The summed E-state index contributed by atoms with van der Waals surface area (Å²) in [7, 11) is 0. The third-order valence-electron chi connectivity index (χ3n) is 2.90. The maximum absolute atomic E-state index is 11.8. The van der Waals surface area contributed by atoms with Crippen molar-refractivity contribution >= 4 is 5.91 Å². The second-order valence-electron chi connectivity index (χ2n) is 4.27. The zero-order chi connectivity index (χ0) is 11.4. The number of carbonyl (C=O) groups is 1. The molecular weight excluding hydrogens is 204 g/mol. The lowest BCUT2D eigenvalue weighted by atomic mass is 9.99. The van der Waals surface area contributed by atoms with Crippen molar-refractivity contribution in [1.29, 1.82) is 0 Å². The van der Waals surface area contributed by atoms with Crippen molar-refractivity contribution in [1.82, 2.24) is 10.6 Å². The van der Waals surface area contributed by atoms with Gasteiger partial charge in [0.1, 0.15) is 11.5 Å². The summed E-state index contributed by atoms with van der Waals surface area (Å²) in [6.07, 6.45) is 2.06. The van der Waals surface area contributed by atoms with Crippen LogP contribution in [0.3, 0.4) is 0 Å². The molecule has 0 bridgehead atoms. The van der Waals surface area contributed by atoms with Crippen molar-refractivity contribution in [3.63, 3.8) is 0 Å². The highest BCUT2D eigenvalue weighted by Gasteiger charge is 2.20. The molecule has 1 unspecified atom stereocenters. The maximum Gasteiger partial charge on any atom is 0.224 e. The van der Waals surface area contributed by atoms with Gasteiger partial charge in [0.25, 0.3) is 0 Å². The molecule has 1 fully saturated rings. The van der Waals surface area contributed by atoms with E-state index in [0.717, 1.165) is 37.5 Å². The number of aryl methyl sites for hydroxylation is 1. The van der Waals surface area contributed by atoms with Crippen LogP contribution in [-0.4, -0.2) is 19.0 Å². The molecule has 88 valence electrons. The first-order valence-electron chi connectivity index (χ1n) is 5.79. The van der Waals surface area contributed by atoms with Crippen molar-refractivity contribution in [3.05, 3.63) is 23.7 Å². The van der Waals surface area contributed by atoms with E-state index in [0.29, 0.717) is 6.54 Å². The Bertz CT molecular complexity index is 354. The SMILES string of the molecule is Cc1ccc(CNC(=O)C2CCCNC2)o1. The molecule has 2 rings (SSSR count). The van der Waals surface area contributed by atoms with Crippen LogP contribution < -0.4 is 10.6 Å². The minimum absolute atomic E-state index is 0.116. The number of hydrogen-bond donors (Lipinski definition) is 2. The smallest absolute Gasteiger partial charge is 0.224 e. The molecule has 4 nitrogen and oxygen atoms in total. The average molecular weight is 222 g/mol. The maximum atomic E-state index is 11.8. The molecule has 1 aromatic rings. The largest absolute Gasteiger partial charge is 0.465 e. The molecule has 1 amide bonds. The topological polar surface area (TPSA) is 54.3 Å². The molecule has 1 aromatic heterocycles. The summed E-state index contributed by atoms with van der Waals surface area (Å²) >= 11 is 0. The minimum atomic E-state index is 0.116. The second-order valence-corrected chi connectivity index (χ2v) is 4.27. The molecule has 1 aliphatic rings. The fourth-order valence-electron chi connectivity index (χ4n) is 1.97. The van der Waals surface area contributed by atoms with Gasteiger partial charge in [-0.2, -0.15) is 0 Å². The van der Waals surface area contributed by atoms with Crippen LogP contribution in [0.5, 0.6) is 0 Å². The second kappa shape index (κ2) is 5.16. The zero-order valence-electron chi connectivity index (χ0n) is 9.58. The molecule has 0 spiro atoms. The van der Waals surface area contributed by atoms with Crippen molar-refractivity contribution < 1.29 is 9.21 Å². The van der Waals surface area contributed by atoms with Gasteiger partial charge in [-0.25, -0.2) is 0 Å². The molecule has 0 aliphatic carbocycles. The first kappa shape index (κ1) is 11.2. The lowest BCUT2D eigenvalue weighted by Gasteiger charge is -2.21. The minimum Gasteiger partial charge on any atom is -0.465 e. The lowest BCUT2D eigenvalue weighted by Crippen LogP contribution is -2.40. The Hall–Kier alpha value is -1.29. The highest BCUT2D eigenvalue weighted by molar-refractivity contribution is 5.78. The van der Waals surface area contributed by atoms with Crippen LogP contribution in [0.2, 0.25) is 0 Å². The standard InChI is InChI=1S/C12H18N2O2/c1-9-4-5-11(16-9)8-14-12(15)10-3-2-6-13-7-10/h4-5,10,13H,2-3,6-8H2,1H3,(H,14,15). The summed E-state index contributed by atoms with van der Waals surface area (Å²) < 4.78 is 5.39. The Balaban J connectivity index is 1.78. The number of amides is 1. The van der Waals surface area contributed by atoms with Gasteiger partial charge < -0.3 is 15.1 Å². The summed E-state index contributed by atoms with van der Waals surface area (Å²) in [5.41, 5.74) is 0. The van der Waals surface area contributed by atoms with Crippen LogP contribution >= 0.6 is 0 Å². The van der Waals surface area contributed by atoms with Crippen LogP contribution in [0, 0.1) is 12.8 Å². The van der Waals surface area contributed by atoms with Crippen molar-refractivity contribution in [3.8, 4) is 0 Å². The molecule has 16 heavy (non-hydrogen) atoms. The van der Waals surface area contributed by atoms with Crippen LogP contribution in [0.15, 0.2) is 16.5 Å². The number of piperidine rings is 1. The number of nitrogens with one attached hydrogen (secondary N) is 2. The molecule has 1 aliphatic heterocycles. The normalized spacial score (nSPS) is 20.7. The first-order valence-corrected chi connectivity index (χ1v) is 5.79. The third kappa shape index (κ3) is 2.85. The summed E-state index contributed by atoms with van der Waals surface area (Å²) in [6, 6.07) is 3.80. The van der Waals surface area contributed by atoms with E-state index in [-0.39, 0.29) is 11.8 Å². The van der Waals surface area contributed by atoms with Crippen LogP contribution in [0.25, 0.3) is 0 Å². The third-order valence-corrected chi connectivity index (χ3v) is 2.90. The van der Waals surface area contributed by atoms with Gasteiger partial charge in [0.15, 0.2) is 0 Å². The molecule has 2 heterocycles. The monoisotopic (exact) mass is 222 g/mol. The highest BCUT2D eigenvalue weighted by Crippen LogP contribution is 2.11. The number of carbonyl (C=O) groups excluding carboxylic acids is 1. The van der Waals surface area contributed by atoms with Gasteiger partial charge in [-0.15, -0.1) is 0 Å². The fraction of sp³-hybridized carbons (Fsp3) is 0.583. The molecular formula is C12H18N2O2. The van der Waals surface area contributed by atoms with E-state index in [1.54, 1.807) is 0 Å². The molecule has 0 aromatic carbocycles. The van der Waals surface area contributed by atoms with Gasteiger partial charge in [-0.05, 0) is 38.4 Å². The van der Waals surface area contributed by atoms with E-state index in [1.165, 1.54) is 0 Å². The van der Waals surface area contributed by atoms with E-state index in [4.69, 9.17) is 4.42 Å². The molecule has 4 heteroatoms. The predicted octanol–water partition coefficient (Wildman–Crippen LogP) is 1.20. The Morgan fingerprint density at radius 2 is 2.50 bits per heavy atom. The Labute approximate surface area is 95.4 Å². The number of furan rings is 1. The Morgan fingerprint density at radius 3 is 3.12 bits per heavy atom. The molecule has 0 saturated carbocycles. The average Bonchev–Trinajstić information content (AvgIpc) is 2.73. The van der Waals surface area contributed by atoms with Crippen LogP contribution in [0.1, 0.15) is 24.4 Å². The zero-order valence-corrected chi connectivity index (χ0v) is 9.58. The van der Waals surface area contributed by atoms with Gasteiger partial charge in [0, 0.05) is 6.54 Å². The van der Waals surface area contributed by atoms with Crippen LogP contribution in [0.4, 0.5) is 0 Å². The van der Waals surface area contributed by atoms with E-state index < -0.39 is 0 Å². The van der Waals surface area contributed by atoms with E-state index in [9.17, 15) is 4.79 Å². The summed E-state index contributed by atoms with van der Waals surface area (Å²) in [6.45, 7) is 4.21. The lowest BCUT2D eigenvalue weighted by molar-refractivity contribution is -0.125. The quantitative estimate of drug-likeness (QED) is 0.808. The molecule has 2 N–H and O–H groups in total. The van der Waals surface area contributed by atoms with Gasteiger partial charge in [-0.1, -0.05) is 0 Å². The van der Waals surface area contributed by atoms with Gasteiger partial charge in [0.2, 0.25) is 5.91 Å². The molecule has 0 radical (unpaired) electrons. The van der Waals surface area contributed by atoms with E-state index >= 15 is 0 Å². The van der Waals surface area contributed by atoms with Crippen LogP contribution in [-0.2, 0) is 11.3 Å². The van der Waals surface area contributed by atoms with Crippen molar-refractivity contribution in [2.45, 2.75) is 26.3 Å². The highest BCUT2D eigenvalue weighted by atomic mass is 16.3. The first-order chi connectivity index (χ1) is 7.75. The number of hydrogen-bond acceptors (Lipinski definition) is 3. The predicted molar refractivity (Wildman–Crippen MR) is 60.9 cm³/mol. The van der Waals surface area contributed by atoms with Crippen molar-refractivity contribution in [2.24, 2.45) is 5.92 Å². The fourth-order valence-corrected chi connectivity index (χ4v) is 1.97. The van der Waals surface area contributed by atoms with Gasteiger partial charge in [0.05, 0.1) is 12.5 Å². The molecule has 1 saturated heterocycles. The summed E-state index contributed by atoms with van der Waals surface area (Å²) in [4.78, 5) is 11.8. The van der Waals surface area contributed by atoms with E-state index in [2.05, 4.69) is 10.6 Å². The summed E-state index contributed by atoms with van der Waals surface area (Å²) in [5.74, 6) is 1.93. The summed E-state index contributed by atoms with van der Waals surface area (Å²) in [5, 5.41) is 6.14. The Kier molecular flexibility index (Phi) is 3.62. The number of rotatable bonds is 3. The molecule has 1 atom stereocenters. The van der Waals surface area contributed by atoms with Gasteiger partial charge in [-0.3, -0.25) is 4.79 Å². The van der Waals surface area contributed by atoms with Crippen molar-refractivity contribution in [2.75, 3.05) is 13.1 Å². The van der Waals surface area contributed by atoms with E-state index in [1.807, 2.05) is 19.1 Å².